The normalized spacial score (nSPS) is 21.4. The van der Waals surface area contributed by atoms with Gasteiger partial charge in [-0.3, -0.25) is 4.79 Å². The van der Waals surface area contributed by atoms with E-state index in [1.807, 2.05) is 0 Å². The first-order valence-electron chi connectivity index (χ1n) is 12.8. The third-order valence-electron chi connectivity index (χ3n) is 7.49. The van der Waals surface area contributed by atoms with E-state index in [0.29, 0.717) is 11.6 Å². The summed E-state index contributed by atoms with van der Waals surface area (Å²) < 4.78 is 27.4. The van der Waals surface area contributed by atoms with Gasteiger partial charge in [-0.25, -0.2) is 8.78 Å². The Labute approximate surface area is 206 Å². The van der Waals surface area contributed by atoms with Crippen molar-refractivity contribution in [1.29, 1.82) is 0 Å². The van der Waals surface area contributed by atoms with Gasteiger partial charge in [-0.05, 0) is 67.5 Å². The quantitative estimate of drug-likeness (QED) is 0.429. The van der Waals surface area contributed by atoms with Gasteiger partial charge in [0.25, 0.3) is 0 Å². The zero-order valence-electron chi connectivity index (χ0n) is 20.5. The van der Waals surface area contributed by atoms with Crippen molar-refractivity contribution >= 4 is 5.91 Å². The van der Waals surface area contributed by atoms with Crippen LogP contribution in [0.2, 0.25) is 0 Å². The molecule has 1 aliphatic carbocycles. The predicted octanol–water partition coefficient (Wildman–Crippen LogP) is 4.25. The van der Waals surface area contributed by atoms with Crippen molar-refractivity contribution in [3.8, 4) is 0 Å². The Bertz CT molecular complexity index is 983. The highest BCUT2D eigenvalue weighted by Crippen LogP contribution is 2.38. The molecule has 4 rings (SSSR count). The summed E-state index contributed by atoms with van der Waals surface area (Å²) in [5.74, 6) is -1.64. The lowest BCUT2D eigenvalue weighted by Crippen LogP contribution is -2.53. The molecule has 7 heteroatoms. The molecule has 1 saturated heterocycles. The lowest BCUT2D eigenvalue weighted by atomic mass is 9.75. The van der Waals surface area contributed by atoms with Gasteiger partial charge in [0.1, 0.15) is 11.6 Å². The van der Waals surface area contributed by atoms with E-state index in [0.717, 1.165) is 44.7 Å². The molecule has 35 heavy (non-hydrogen) atoms. The summed E-state index contributed by atoms with van der Waals surface area (Å²) in [6, 6.07) is 11.8. The van der Waals surface area contributed by atoms with E-state index in [-0.39, 0.29) is 24.4 Å². The van der Waals surface area contributed by atoms with Crippen molar-refractivity contribution in [3.63, 3.8) is 0 Å². The zero-order valence-corrected chi connectivity index (χ0v) is 20.5. The molecular weight excluding hydrogens is 448 g/mol. The standard InChI is InChI=1S/C28H37F2N3O2/c1-19(34)33-26(15-20-13-23(29)17-24(30)14-20)27(35)18-32-28(10-3-2-4-11-28)22-8-5-7-21(16-22)25-9-6-12-31-25/h5,7-8,13-14,16-17,25-27,31-32,35H,2-4,6,9-12,15,18H2,1H3,(H,33,34). The van der Waals surface area contributed by atoms with Crippen molar-refractivity contribution < 1.29 is 18.7 Å². The van der Waals surface area contributed by atoms with Crippen LogP contribution in [0, 0.1) is 11.6 Å². The molecule has 1 heterocycles. The van der Waals surface area contributed by atoms with Crippen LogP contribution in [0.15, 0.2) is 42.5 Å². The second kappa shape index (κ2) is 11.6. The smallest absolute Gasteiger partial charge is 0.217 e. The predicted molar refractivity (Wildman–Crippen MR) is 133 cm³/mol. The number of carbonyl (C=O) groups excluding carboxylic acids is 1. The molecule has 2 fully saturated rings. The van der Waals surface area contributed by atoms with Crippen LogP contribution in [0.5, 0.6) is 0 Å². The first-order valence-corrected chi connectivity index (χ1v) is 12.8. The highest BCUT2D eigenvalue weighted by atomic mass is 19.1. The Balaban J connectivity index is 1.51. The highest BCUT2D eigenvalue weighted by molar-refractivity contribution is 5.73. The molecule has 4 N–H and O–H groups in total. The maximum Gasteiger partial charge on any atom is 0.217 e. The van der Waals surface area contributed by atoms with Crippen LogP contribution in [-0.2, 0) is 16.8 Å². The molecule has 190 valence electrons. The van der Waals surface area contributed by atoms with E-state index < -0.39 is 23.8 Å². The van der Waals surface area contributed by atoms with Gasteiger partial charge < -0.3 is 21.1 Å². The molecule has 0 aromatic heterocycles. The summed E-state index contributed by atoms with van der Waals surface area (Å²) in [4.78, 5) is 11.8. The van der Waals surface area contributed by atoms with Crippen LogP contribution < -0.4 is 16.0 Å². The van der Waals surface area contributed by atoms with Gasteiger partial charge in [0.2, 0.25) is 5.91 Å². The molecule has 1 saturated carbocycles. The Kier molecular flexibility index (Phi) is 8.52. The minimum Gasteiger partial charge on any atom is -0.390 e. The van der Waals surface area contributed by atoms with Gasteiger partial charge in [-0.2, -0.15) is 0 Å². The van der Waals surface area contributed by atoms with Crippen LogP contribution in [0.1, 0.15) is 74.6 Å². The van der Waals surface area contributed by atoms with Crippen LogP contribution in [0.25, 0.3) is 0 Å². The van der Waals surface area contributed by atoms with E-state index in [4.69, 9.17) is 0 Å². The largest absolute Gasteiger partial charge is 0.390 e. The van der Waals surface area contributed by atoms with Crippen LogP contribution >= 0.6 is 0 Å². The van der Waals surface area contributed by atoms with Crippen LogP contribution in [-0.4, -0.2) is 36.2 Å². The van der Waals surface area contributed by atoms with Gasteiger partial charge >= 0.3 is 0 Å². The van der Waals surface area contributed by atoms with E-state index in [2.05, 4.69) is 40.2 Å². The fraction of sp³-hybridized carbons (Fsp3) is 0.536. The number of aliphatic hydroxyl groups excluding tert-OH is 1. The summed E-state index contributed by atoms with van der Waals surface area (Å²) in [7, 11) is 0. The number of hydrogen-bond acceptors (Lipinski definition) is 4. The number of aliphatic hydroxyl groups is 1. The molecule has 2 aliphatic rings. The van der Waals surface area contributed by atoms with Crippen LogP contribution in [0.3, 0.4) is 0 Å². The Morgan fingerprint density at radius 1 is 1.11 bits per heavy atom. The monoisotopic (exact) mass is 485 g/mol. The maximum absolute atomic E-state index is 13.7. The average Bonchev–Trinajstić information content (AvgIpc) is 3.37. The van der Waals surface area contributed by atoms with Crippen molar-refractivity contribution in [2.24, 2.45) is 0 Å². The molecule has 2 aromatic rings. The molecule has 3 atom stereocenters. The second-order valence-corrected chi connectivity index (χ2v) is 10.2. The number of nitrogens with one attached hydrogen (secondary N) is 3. The highest BCUT2D eigenvalue weighted by Gasteiger charge is 2.35. The first-order chi connectivity index (χ1) is 16.8. The van der Waals surface area contributed by atoms with Gasteiger partial charge in [0.15, 0.2) is 0 Å². The lowest BCUT2D eigenvalue weighted by molar-refractivity contribution is -0.120. The lowest BCUT2D eigenvalue weighted by Gasteiger charge is -2.40. The van der Waals surface area contributed by atoms with Gasteiger partial charge in [-0.1, -0.05) is 43.5 Å². The number of benzene rings is 2. The van der Waals surface area contributed by atoms with E-state index in [1.54, 1.807) is 0 Å². The molecule has 3 unspecified atom stereocenters. The molecular formula is C28H37F2N3O2. The number of amides is 1. The summed E-state index contributed by atoms with van der Waals surface area (Å²) in [5, 5.41) is 21.1. The van der Waals surface area contributed by atoms with Crippen molar-refractivity contribution in [2.75, 3.05) is 13.1 Å². The van der Waals surface area contributed by atoms with Crippen molar-refractivity contribution in [3.05, 3.63) is 70.8 Å². The van der Waals surface area contributed by atoms with Crippen molar-refractivity contribution in [1.82, 2.24) is 16.0 Å². The molecule has 1 aliphatic heterocycles. The number of rotatable bonds is 9. The fourth-order valence-corrected chi connectivity index (χ4v) is 5.71. The average molecular weight is 486 g/mol. The van der Waals surface area contributed by atoms with E-state index in [9.17, 15) is 18.7 Å². The van der Waals surface area contributed by atoms with Gasteiger partial charge in [0, 0.05) is 31.1 Å². The molecule has 0 bridgehead atoms. The van der Waals surface area contributed by atoms with Crippen molar-refractivity contribution in [2.45, 2.75) is 82.0 Å². The molecule has 5 nitrogen and oxygen atoms in total. The number of halogens is 2. The summed E-state index contributed by atoms with van der Waals surface area (Å²) in [6.07, 6.45) is 6.87. The minimum absolute atomic E-state index is 0.132. The topological polar surface area (TPSA) is 73.4 Å². The molecule has 0 radical (unpaired) electrons. The molecule has 2 aromatic carbocycles. The number of hydrogen-bond donors (Lipinski definition) is 4. The zero-order chi connectivity index (χ0) is 24.8. The molecule has 0 spiro atoms. The first kappa shape index (κ1) is 25.7. The fourth-order valence-electron chi connectivity index (χ4n) is 5.71. The van der Waals surface area contributed by atoms with Crippen LogP contribution in [0.4, 0.5) is 8.78 Å². The number of carbonyl (C=O) groups is 1. The SMILES string of the molecule is CC(=O)NC(Cc1cc(F)cc(F)c1)C(O)CNC1(c2cccc(C3CCCN3)c2)CCCCC1. The van der Waals surface area contributed by atoms with Gasteiger partial charge in [-0.15, -0.1) is 0 Å². The Morgan fingerprint density at radius 2 is 1.86 bits per heavy atom. The summed E-state index contributed by atoms with van der Waals surface area (Å²) in [6.45, 7) is 2.68. The third kappa shape index (κ3) is 6.66. The summed E-state index contributed by atoms with van der Waals surface area (Å²) >= 11 is 0. The minimum atomic E-state index is -0.927. The summed E-state index contributed by atoms with van der Waals surface area (Å²) in [5.41, 5.74) is 2.68. The Morgan fingerprint density at radius 3 is 2.51 bits per heavy atom. The van der Waals surface area contributed by atoms with E-state index in [1.165, 1.54) is 43.0 Å². The maximum atomic E-state index is 13.7. The Hall–Kier alpha value is -2.35. The van der Waals surface area contributed by atoms with Gasteiger partial charge in [0.05, 0.1) is 12.1 Å². The third-order valence-corrected chi connectivity index (χ3v) is 7.49. The molecule has 1 amide bonds. The van der Waals surface area contributed by atoms with E-state index >= 15 is 0 Å². The second-order valence-electron chi connectivity index (χ2n) is 10.2.